The molecule has 0 aromatic heterocycles. The van der Waals surface area contributed by atoms with Crippen LogP contribution < -0.4 is 5.73 Å². The van der Waals surface area contributed by atoms with Crippen molar-refractivity contribution in [2.45, 2.75) is 44.7 Å². The highest BCUT2D eigenvalue weighted by Crippen LogP contribution is 2.29. The molecule has 2 rings (SSSR count). The number of benzene rings is 1. The molecule has 0 heterocycles. The first-order valence-corrected chi connectivity index (χ1v) is 6.85. The lowest BCUT2D eigenvalue weighted by atomic mass is 10.1. The van der Waals surface area contributed by atoms with Crippen LogP contribution in [0.3, 0.4) is 0 Å². The van der Waals surface area contributed by atoms with E-state index < -0.39 is 6.04 Å². The molecule has 0 aliphatic heterocycles. The fourth-order valence-electron chi connectivity index (χ4n) is 2.17. The Hall–Kier alpha value is -1.35. The van der Waals surface area contributed by atoms with Crippen LogP contribution >= 0.6 is 0 Å². The predicted octanol–water partition coefficient (Wildman–Crippen LogP) is 2.48. The zero-order valence-electron chi connectivity index (χ0n) is 11.0. The molecule has 2 N–H and O–H groups in total. The van der Waals surface area contributed by atoms with Gasteiger partial charge in [-0.2, -0.15) is 0 Å². The minimum atomic E-state index is -0.511. The Kier molecular flexibility index (Phi) is 4.37. The molecule has 1 saturated carbocycles. The van der Waals surface area contributed by atoms with Gasteiger partial charge in [0.15, 0.2) is 0 Å². The molecule has 0 radical (unpaired) electrons. The number of carbonyl (C=O) groups excluding carboxylic acids is 1. The predicted molar refractivity (Wildman–Crippen MR) is 73.0 cm³/mol. The van der Waals surface area contributed by atoms with Crippen molar-refractivity contribution in [3.8, 4) is 0 Å². The molecule has 1 unspecified atom stereocenters. The molecular formula is C15H22N2O. The molecule has 3 heteroatoms. The summed E-state index contributed by atoms with van der Waals surface area (Å²) in [6, 6.07) is 9.58. The fraction of sp³-hybridized carbons (Fsp3) is 0.533. The second-order valence-electron chi connectivity index (χ2n) is 5.00. The van der Waals surface area contributed by atoms with Crippen LogP contribution in [-0.2, 0) is 4.79 Å². The van der Waals surface area contributed by atoms with Crippen LogP contribution in [-0.4, -0.2) is 23.4 Å². The first-order chi connectivity index (χ1) is 8.74. The van der Waals surface area contributed by atoms with E-state index in [0.717, 1.165) is 37.8 Å². The van der Waals surface area contributed by atoms with Crippen molar-refractivity contribution in [3.63, 3.8) is 0 Å². The molecule has 1 aliphatic rings. The summed E-state index contributed by atoms with van der Waals surface area (Å²) >= 11 is 0. The van der Waals surface area contributed by atoms with Gasteiger partial charge >= 0.3 is 0 Å². The standard InChI is InChI=1S/C15H22N2O/c1-2-3-11-17(13-9-10-13)15(18)14(16)12-7-5-4-6-8-12/h4-8,13-14H,2-3,9-11,16H2,1H3. The van der Waals surface area contributed by atoms with Crippen LogP contribution in [0.1, 0.15) is 44.2 Å². The van der Waals surface area contributed by atoms with Crippen LogP contribution in [0.4, 0.5) is 0 Å². The second-order valence-corrected chi connectivity index (χ2v) is 5.00. The molecule has 18 heavy (non-hydrogen) atoms. The SMILES string of the molecule is CCCCN(C(=O)C(N)c1ccccc1)C1CC1. The first-order valence-electron chi connectivity index (χ1n) is 6.85. The van der Waals surface area contributed by atoms with Gasteiger partial charge in [-0.1, -0.05) is 43.7 Å². The summed E-state index contributed by atoms with van der Waals surface area (Å²) in [5.41, 5.74) is 6.99. The van der Waals surface area contributed by atoms with Crippen LogP contribution in [0, 0.1) is 0 Å². The van der Waals surface area contributed by atoms with Crippen molar-refractivity contribution in [3.05, 3.63) is 35.9 Å². The van der Waals surface area contributed by atoms with Gasteiger partial charge in [0, 0.05) is 12.6 Å². The van der Waals surface area contributed by atoms with Crippen LogP contribution in [0.25, 0.3) is 0 Å². The van der Waals surface area contributed by atoms with Gasteiger partial charge in [0.05, 0.1) is 0 Å². The van der Waals surface area contributed by atoms with E-state index in [1.165, 1.54) is 0 Å². The summed E-state index contributed by atoms with van der Waals surface area (Å²) in [6.07, 6.45) is 4.44. The quantitative estimate of drug-likeness (QED) is 0.838. The maximum atomic E-state index is 12.4. The molecule has 1 amide bonds. The lowest BCUT2D eigenvalue weighted by Crippen LogP contribution is -2.40. The minimum Gasteiger partial charge on any atom is -0.338 e. The Morgan fingerprint density at radius 2 is 2.06 bits per heavy atom. The maximum absolute atomic E-state index is 12.4. The van der Waals surface area contributed by atoms with Gasteiger partial charge in [-0.05, 0) is 24.8 Å². The highest BCUT2D eigenvalue weighted by molar-refractivity contribution is 5.83. The van der Waals surface area contributed by atoms with Gasteiger partial charge in [-0.3, -0.25) is 4.79 Å². The molecule has 3 nitrogen and oxygen atoms in total. The van der Waals surface area contributed by atoms with Crippen LogP contribution in [0.2, 0.25) is 0 Å². The zero-order valence-corrected chi connectivity index (χ0v) is 11.0. The van der Waals surface area contributed by atoms with E-state index in [1.54, 1.807) is 0 Å². The zero-order chi connectivity index (χ0) is 13.0. The molecule has 0 bridgehead atoms. The minimum absolute atomic E-state index is 0.0807. The summed E-state index contributed by atoms with van der Waals surface area (Å²) in [6.45, 7) is 2.99. The summed E-state index contributed by atoms with van der Waals surface area (Å²) in [5.74, 6) is 0.0807. The van der Waals surface area contributed by atoms with Crippen molar-refractivity contribution < 1.29 is 4.79 Å². The number of nitrogens with zero attached hydrogens (tertiary/aromatic N) is 1. The van der Waals surface area contributed by atoms with Crippen molar-refractivity contribution in [2.24, 2.45) is 5.73 Å². The topological polar surface area (TPSA) is 46.3 Å². The average Bonchev–Trinajstić information content (AvgIpc) is 3.24. The van der Waals surface area contributed by atoms with E-state index in [9.17, 15) is 4.79 Å². The van der Waals surface area contributed by atoms with Gasteiger partial charge in [-0.25, -0.2) is 0 Å². The van der Waals surface area contributed by atoms with Gasteiger partial charge in [0.2, 0.25) is 5.91 Å². The first kappa shape index (κ1) is 13.1. The fourth-order valence-corrected chi connectivity index (χ4v) is 2.17. The molecule has 1 aromatic rings. The number of hydrogen-bond acceptors (Lipinski definition) is 2. The number of hydrogen-bond donors (Lipinski definition) is 1. The van der Waals surface area contributed by atoms with Gasteiger partial charge in [-0.15, -0.1) is 0 Å². The van der Waals surface area contributed by atoms with Crippen molar-refractivity contribution in [2.75, 3.05) is 6.54 Å². The second kappa shape index (κ2) is 6.01. The summed E-state index contributed by atoms with van der Waals surface area (Å²) in [7, 11) is 0. The highest BCUT2D eigenvalue weighted by atomic mass is 16.2. The van der Waals surface area contributed by atoms with Crippen LogP contribution in [0.5, 0.6) is 0 Å². The number of nitrogens with two attached hydrogens (primary N) is 1. The Bertz CT molecular complexity index is 387. The van der Waals surface area contributed by atoms with Crippen LogP contribution in [0.15, 0.2) is 30.3 Å². The van der Waals surface area contributed by atoms with E-state index in [2.05, 4.69) is 6.92 Å². The molecule has 1 fully saturated rings. The van der Waals surface area contributed by atoms with Gasteiger partial charge in [0.1, 0.15) is 6.04 Å². The number of rotatable bonds is 6. The number of amides is 1. The smallest absolute Gasteiger partial charge is 0.244 e. The molecule has 1 aromatic carbocycles. The highest BCUT2D eigenvalue weighted by Gasteiger charge is 2.34. The summed E-state index contributed by atoms with van der Waals surface area (Å²) in [5, 5.41) is 0. The molecule has 1 atom stereocenters. The monoisotopic (exact) mass is 246 g/mol. The molecule has 0 spiro atoms. The normalized spacial score (nSPS) is 16.3. The van der Waals surface area contributed by atoms with E-state index in [1.807, 2.05) is 35.2 Å². The molecule has 0 saturated heterocycles. The largest absolute Gasteiger partial charge is 0.338 e. The van der Waals surface area contributed by atoms with Gasteiger partial charge < -0.3 is 10.6 Å². The van der Waals surface area contributed by atoms with Gasteiger partial charge in [0.25, 0.3) is 0 Å². The van der Waals surface area contributed by atoms with Crippen molar-refractivity contribution in [1.29, 1.82) is 0 Å². The average molecular weight is 246 g/mol. The third kappa shape index (κ3) is 3.10. The third-order valence-corrected chi connectivity index (χ3v) is 3.45. The third-order valence-electron chi connectivity index (χ3n) is 3.45. The van der Waals surface area contributed by atoms with E-state index in [0.29, 0.717) is 6.04 Å². The molecular weight excluding hydrogens is 224 g/mol. The van der Waals surface area contributed by atoms with Crippen molar-refractivity contribution >= 4 is 5.91 Å². The Labute approximate surface area is 109 Å². The number of unbranched alkanes of at least 4 members (excludes halogenated alkanes) is 1. The Morgan fingerprint density at radius 3 is 2.61 bits per heavy atom. The summed E-state index contributed by atoms with van der Waals surface area (Å²) < 4.78 is 0. The Morgan fingerprint density at radius 1 is 1.39 bits per heavy atom. The lowest BCUT2D eigenvalue weighted by molar-refractivity contribution is -0.133. The van der Waals surface area contributed by atoms with E-state index in [4.69, 9.17) is 5.73 Å². The maximum Gasteiger partial charge on any atom is 0.244 e. The molecule has 1 aliphatic carbocycles. The lowest BCUT2D eigenvalue weighted by Gasteiger charge is -2.25. The van der Waals surface area contributed by atoms with E-state index >= 15 is 0 Å². The van der Waals surface area contributed by atoms with E-state index in [-0.39, 0.29) is 5.91 Å². The summed E-state index contributed by atoms with van der Waals surface area (Å²) in [4.78, 5) is 14.4. The Balaban J connectivity index is 2.03. The molecule has 98 valence electrons. The van der Waals surface area contributed by atoms with Crippen molar-refractivity contribution in [1.82, 2.24) is 4.90 Å². The number of carbonyl (C=O) groups is 1.